The summed E-state index contributed by atoms with van der Waals surface area (Å²) in [5.41, 5.74) is 4.98. The summed E-state index contributed by atoms with van der Waals surface area (Å²) in [7, 11) is 0. The van der Waals surface area contributed by atoms with Gasteiger partial charge in [0.05, 0.1) is 0 Å². The van der Waals surface area contributed by atoms with Crippen LogP contribution in [0.15, 0.2) is 18.2 Å². The van der Waals surface area contributed by atoms with Crippen LogP contribution in [0.2, 0.25) is 0 Å². The van der Waals surface area contributed by atoms with Crippen LogP contribution < -0.4 is 0 Å². The predicted molar refractivity (Wildman–Crippen MR) is 78.0 cm³/mol. The number of allylic oxidation sites excluding steroid dienone is 2. The van der Waals surface area contributed by atoms with Crippen LogP contribution in [0, 0.1) is 6.92 Å². The Labute approximate surface area is 111 Å². The lowest BCUT2D eigenvalue weighted by atomic mass is 9.82. The molecule has 1 N–H and O–H groups in total. The van der Waals surface area contributed by atoms with Crippen molar-refractivity contribution >= 4 is 5.57 Å². The molecular formula is C17H24O. The fraction of sp³-hybridized carbons (Fsp3) is 0.529. The van der Waals surface area contributed by atoms with Crippen molar-refractivity contribution in [2.45, 2.75) is 58.8 Å². The molecule has 0 fully saturated rings. The zero-order chi connectivity index (χ0) is 13.3. The Bertz CT molecular complexity index is 475. The van der Waals surface area contributed by atoms with Gasteiger partial charge in [0.25, 0.3) is 0 Å². The van der Waals surface area contributed by atoms with Crippen molar-refractivity contribution in [3.8, 4) is 5.75 Å². The van der Waals surface area contributed by atoms with Gasteiger partial charge < -0.3 is 5.11 Å². The van der Waals surface area contributed by atoms with Gasteiger partial charge in [-0.3, -0.25) is 0 Å². The van der Waals surface area contributed by atoms with Crippen molar-refractivity contribution in [3.63, 3.8) is 0 Å². The molecule has 1 aromatic rings. The van der Waals surface area contributed by atoms with E-state index in [1.165, 1.54) is 36.0 Å². The standard InChI is InChI=1S/C17H24O/c1-12-15(13-8-6-5-7-9-13)10-14(11-16(12)18)17(2,3)4/h8,10-11,18H,5-7,9H2,1-4H3. The Hall–Kier alpha value is -1.24. The highest BCUT2D eigenvalue weighted by Crippen LogP contribution is 2.36. The van der Waals surface area contributed by atoms with Gasteiger partial charge in [0.2, 0.25) is 0 Å². The Balaban J connectivity index is 2.52. The molecule has 2 rings (SSSR count). The summed E-state index contributed by atoms with van der Waals surface area (Å²) >= 11 is 0. The number of benzene rings is 1. The second kappa shape index (κ2) is 4.79. The van der Waals surface area contributed by atoms with Crippen molar-refractivity contribution in [1.29, 1.82) is 0 Å². The minimum absolute atomic E-state index is 0.0785. The molecule has 0 atom stereocenters. The summed E-state index contributed by atoms with van der Waals surface area (Å²) in [4.78, 5) is 0. The fourth-order valence-electron chi connectivity index (χ4n) is 2.55. The van der Waals surface area contributed by atoms with Crippen LogP contribution in [0.1, 0.15) is 63.1 Å². The van der Waals surface area contributed by atoms with E-state index in [0.717, 1.165) is 12.0 Å². The Morgan fingerprint density at radius 2 is 1.83 bits per heavy atom. The SMILES string of the molecule is Cc1c(O)cc(C(C)(C)C)cc1C1=CCCCC1. The first kappa shape index (κ1) is 13.2. The van der Waals surface area contributed by atoms with Crippen LogP contribution in [-0.4, -0.2) is 5.11 Å². The van der Waals surface area contributed by atoms with Crippen LogP contribution in [-0.2, 0) is 5.41 Å². The first-order valence-corrected chi connectivity index (χ1v) is 6.93. The zero-order valence-electron chi connectivity index (χ0n) is 12.0. The third kappa shape index (κ3) is 2.60. The van der Waals surface area contributed by atoms with E-state index < -0.39 is 0 Å². The van der Waals surface area contributed by atoms with Crippen LogP contribution in [0.3, 0.4) is 0 Å². The largest absolute Gasteiger partial charge is 0.508 e. The minimum Gasteiger partial charge on any atom is -0.508 e. The second-order valence-electron chi connectivity index (χ2n) is 6.39. The van der Waals surface area contributed by atoms with E-state index >= 15 is 0 Å². The van der Waals surface area contributed by atoms with E-state index in [-0.39, 0.29) is 5.41 Å². The van der Waals surface area contributed by atoms with E-state index in [9.17, 15) is 5.11 Å². The molecular weight excluding hydrogens is 220 g/mol. The third-order valence-electron chi connectivity index (χ3n) is 3.88. The number of phenols is 1. The van der Waals surface area contributed by atoms with Crippen LogP contribution in [0.4, 0.5) is 0 Å². The van der Waals surface area contributed by atoms with E-state index in [0.29, 0.717) is 5.75 Å². The number of hydrogen-bond donors (Lipinski definition) is 1. The van der Waals surface area contributed by atoms with Gasteiger partial charge in [-0.05, 0) is 66.4 Å². The Kier molecular flexibility index (Phi) is 3.52. The van der Waals surface area contributed by atoms with Gasteiger partial charge in [0.1, 0.15) is 5.75 Å². The maximum atomic E-state index is 10.1. The molecule has 1 heteroatoms. The average Bonchev–Trinajstić information content (AvgIpc) is 2.32. The molecule has 0 heterocycles. The van der Waals surface area contributed by atoms with Gasteiger partial charge in [0.15, 0.2) is 0 Å². The fourth-order valence-corrected chi connectivity index (χ4v) is 2.55. The van der Waals surface area contributed by atoms with Gasteiger partial charge in [-0.15, -0.1) is 0 Å². The van der Waals surface area contributed by atoms with Gasteiger partial charge in [-0.25, -0.2) is 0 Å². The van der Waals surface area contributed by atoms with Crippen molar-refractivity contribution < 1.29 is 5.11 Å². The highest BCUT2D eigenvalue weighted by atomic mass is 16.3. The van der Waals surface area contributed by atoms with Crippen molar-refractivity contribution in [3.05, 3.63) is 34.9 Å². The molecule has 0 saturated heterocycles. The van der Waals surface area contributed by atoms with E-state index in [2.05, 4.69) is 32.9 Å². The van der Waals surface area contributed by atoms with E-state index in [1.807, 2.05) is 13.0 Å². The highest BCUT2D eigenvalue weighted by Gasteiger charge is 2.19. The Morgan fingerprint density at radius 1 is 1.11 bits per heavy atom. The Morgan fingerprint density at radius 3 is 2.39 bits per heavy atom. The van der Waals surface area contributed by atoms with Gasteiger partial charge >= 0.3 is 0 Å². The summed E-state index contributed by atoms with van der Waals surface area (Å²) in [5, 5.41) is 10.1. The van der Waals surface area contributed by atoms with Gasteiger partial charge in [-0.2, -0.15) is 0 Å². The molecule has 0 unspecified atom stereocenters. The molecule has 0 aliphatic heterocycles. The predicted octanol–water partition coefficient (Wildman–Crippen LogP) is 4.96. The molecule has 0 amide bonds. The summed E-state index contributed by atoms with van der Waals surface area (Å²) in [5.74, 6) is 0.434. The van der Waals surface area contributed by atoms with E-state index in [1.54, 1.807) is 0 Å². The van der Waals surface area contributed by atoms with Crippen LogP contribution >= 0.6 is 0 Å². The molecule has 18 heavy (non-hydrogen) atoms. The van der Waals surface area contributed by atoms with Crippen molar-refractivity contribution in [2.75, 3.05) is 0 Å². The normalized spacial score (nSPS) is 16.6. The number of phenolic OH excluding ortho intramolecular Hbond substituents is 1. The molecule has 1 nitrogen and oxygen atoms in total. The summed E-state index contributed by atoms with van der Waals surface area (Å²) in [6.45, 7) is 8.59. The molecule has 1 aromatic carbocycles. The quantitative estimate of drug-likeness (QED) is 0.740. The van der Waals surface area contributed by atoms with Gasteiger partial charge in [0, 0.05) is 0 Å². The highest BCUT2D eigenvalue weighted by molar-refractivity contribution is 5.71. The van der Waals surface area contributed by atoms with Gasteiger partial charge in [-0.1, -0.05) is 32.9 Å². The second-order valence-corrected chi connectivity index (χ2v) is 6.39. The first-order valence-electron chi connectivity index (χ1n) is 6.93. The minimum atomic E-state index is 0.0785. The van der Waals surface area contributed by atoms with Crippen LogP contribution in [0.5, 0.6) is 5.75 Å². The first-order chi connectivity index (χ1) is 8.39. The topological polar surface area (TPSA) is 20.2 Å². The molecule has 0 aromatic heterocycles. The van der Waals surface area contributed by atoms with Crippen molar-refractivity contribution in [2.24, 2.45) is 0 Å². The van der Waals surface area contributed by atoms with E-state index in [4.69, 9.17) is 0 Å². The molecule has 0 saturated carbocycles. The summed E-state index contributed by atoms with van der Waals surface area (Å²) in [6.07, 6.45) is 7.24. The van der Waals surface area contributed by atoms with Crippen LogP contribution in [0.25, 0.3) is 5.57 Å². The molecule has 98 valence electrons. The lowest BCUT2D eigenvalue weighted by molar-refractivity contribution is 0.466. The number of rotatable bonds is 1. The smallest absolute Gasteiger partial charge is 0.119 e. The number of hydrogen-bond acceptors (Lipinski definition) is 1. The number of aromatic hydroxyl groups is 1. The van der Waals surface area contributed by atoms with Crippen molar-refractivity contribution in [1.82, 2.24) is 0 Å². The molecule has 0 radical (unpaired) electrons. The average molecular weight is 244 g/mol. The lowest BCUT2D eigenvalue weighted by Gasteiger charge is -2.23. The summed E-state index contributed by atoms with van der Waals surface area (Å²) in [6, 6.07) is 4.19. The maximum Gasteiger partial charge on any atom is 0.119 e. The summed E-state index contributed by atoms with van der Waals surface area (Å²) < 4.78 is 0. The molecule has 1 aliphatic carbocycles. The monoisotopic (exact) mass is 244 g/mol. The molecule has 1 aliphatic rings. The zero-order valence-corrected chi connectivity index (χ0v) is 12.0. The third-order valence-corrected chi connectivity index (χ3v) is 3.88. The molecule has 0 bridgehead atoms. The lowest BCUT2D eigenvalue weighted by Crippen LogP contribution is -2.12. The molecule has 0 spiro atoms. The maximum absolute atomic E-state index is 10.1.